The van der Waals surface area contributed by atoms with Crippen molar-refractivity contribution in [2.75, 3.05) is 5.32 Å². The first-order valence-electron chi connectivity index (χ1n) is 8.75. The standard InChI is InChI=1S/C22H17F2N3O/c1-14-2-9-21-26-20(13-27(21)12-14)16-4-6-17(7-5-16)25-22(28)18-10-15(11-23)3-8-19(18)24/h2-10,12-13H,11H2,1H3,(H,25,28). The average Bonchev–Trinajstić information content (AvgIpc) is 3.12. The normalized spacial score (nSPS) is 11.0. The number of nitrogens with zero attached hydrogens (tertiary/aromatic N) is 2. The van der Waals surface area contributed by atoms with Crippen LogP contribution in [0, 0.1) is 12.7 Å². The summed E-state index contributed by atoms with van der Waals surface area (Å²) in [5.74, 6) is -1.31. The summed E-state index contributed by atoms with van der Waals surface area (Å²) in [6.07, 6.45) is 3.94. The van der Waals surface area contributed by atoms with Gasteiger partial charge in [0.2, 0.25) is 0 Å². The minimum absolute atomic E-state index is 0.185. The molecule has 2 heterocycles. The summed E-state index contributed by atoms with van der Waals surface area (Å²) in [5.41, 5.74) is 4.27. The van der Waals surface area contributed by atoms with Gasteiger partial charge in [0.05, 0.1) is 11.3 Å². The number of carbonyl (C=O) groups excluding carboxylic acids is 1. The highest BCUT2D eigenvalue weighted by Crippen LogP contribution is 2.22. The number of anilines is 1. The fraction of sp³-hybridized carbons (Fsp3) is 0.0909. The molecule has 0 fully saturated rings. The Hall–Kier alpha value is -3.54. The van der Waals surface area contributed by atoms with E-state index in [2.05, 4.69) is 10.3 Å². The van der Waals surface area contributed by atoms with Crippen LogP contribution >= 0.6 is 0 Å². The van der Waals surface area contributed by atoms with Crippen LogP contribution in [0.1, 0.15) is 21.5 Å². The maximum atomic E-state index is 13.9. The van der Waals surface area contributed by atoms with Crippen LogP contribution in [0.3, 0.4) is 0 Å². The zero-order chi connectivity index (χ0) is 19.7. The number of hydrogen-bond acceptors (Lipinski definition) is 2. The third-order valence-corrected chi connectivity index (χ3v) is 4.47. The van der Waals surface area contributed by atoms with Crippen LogP contribution in [0.15, 0.2) is 67.0 Å². The fourth-order valence-corrected chi connectivity index (χ4v) is 2.99. The van der Waals surface area contributed by atoms with Crippen LogP contribution in [0.5, 0.6) is 0 Å². The molecule has 6 heteroatoms. The maximum Gasteiger partial charge on any atom is 0.258 e. The average molecular weight is 377 g/mol. The minimum Gasteiger partial charge on any atom is -0.322 e. The number of alkyl halides is 1. The summed E-state index contributed by atoms with van der Waals surface area (Å²) in [5, 5.41) is 2.64. The third-order valence-electron chi connectivity index (χ3n) is 4.47. The van der Waals surface area contributed by atoms with Gasteiger partial charge in [0, 0.05) is 23.6 Å². The van der Waals surface area contributed by atoms with Gasteiger partial charge in [-0.2, -0.15) is 0 Å². The zero-order valence-electron chi connectivity index (χ0n) is 15.1. The van der Waals surface area contributed by atoms with Crippen molar-refractivity contribution in [1.82, 2.24) is 9.38 Å². The van der Waals surface area contributed by atoms with E-state index in [9.17, 15) is 13.6 Å². The smallest absolute Gasteiger partial charge is 0.258 e. The highest BCUT2D eigenvalue weighted by atomic mass is 19.1. The van der Waals surface area contributed by atoms with Crippen molar-refractivity contribution in [2.45, 2.75) is 13.6 Å². The molecule has 0 radical (unpaired) electrons. The Kier molecular flexibility index (Phi) is 4.61. The molecular weight excluding hydrogens is 360 g/mol. The predicted octanol–water partition coefficient (Wildman–Crippen LogP) is 5.17. The van der Waals surface area contributed by atoms with Crippen molar-refractivity contribution in [2.24, 2.45) is 0 Å². The summed E-state index contributed by atoms with van der Waals surface area (Å²) in [6, 6.07) is 14.7. The zero-order valence-corrected chi connectivity index (χ0v) is 15.1. The molecule has 1 N–H and O–H groups in total. The van der Waals surface area contributed by atoms with Gasteiger partial charge in [-0.3, -0.25) is 4.79 Å². The maximum absolute atomic E-state index is 13.9. The molecule has 0 spiro atoms. The Balaban J connectivity index is 1.55. The van der Waals surface area contributed by atoms with Crippen LogP contribution in [0.25, 0.3) is 16.9 Å². The van der Waals surface area contributed by atoms with Gasteiger partial charge >= 0.3 is 0 Å². The van der Waals surface area contributed by atoms with Crippen LogP contribution in [-0.4, -0.2) is 15.3 Å². The van der Waals surface area contributed by atoms with Crippen LogP contribution in [-0.2, 0) is 6.67 Å². The first-order valence-corrected chi connectivity index (χ1v) is 8.75. The van der Waals surface area contributed by atoms with Gasteiger partial charge in [0.1, 0.15) is 18.1 Å². The van der Waals surface area contributed by atoms with E-state index in [1.165, 1.54) is 12.1 Å². The van der Waals surface area contributed by atoms with Gasteiger partial charge in [0.25, 0.3) is 5.91 Å². The van der Waals surface area contributed by atoms with Gasteiger partial charge in [-0.1, -0.05) is 24.3 Å². The van der Waals surface area contributed by atoms with Crippen molar-refractivity contribution in [1.29, 1.82) is 0 Å². The van der Waals surface area contributed by atoms with E-state index < -0.39 is 18.4 Å². The fourth-order valence-electron chi connectivity index (χ4n) is 2.99. The Morgan fingerprint density at radius 2 is 1.86 bits per heavy atom. The first-order chi connectivity index (χ1) is 13.5. The number of hydrogen-bond donors (Lipinski definition) is 1. The number of pyridine rings is 1. The first kappa shape index (κ1) is 17.9. The van der Waals surface area contributed by atoms with Crippen molar-refractivity contribution in [3.8, 4) is 11.3 Å². The van der Waals surface area contributed by atoms with Crippen molar-refractivity contribution < 1.29 is 13.6 Å². The van der Waals surface area contributed by atoms with E-state index in [1.807, 2.05) is 48.0 Å². The largest absolute Gasteiger partial charge is 0.322 e. The molecule has 4 rings (SSSR count). The summed E-state index contributed by atoms with van der Waals surface area (Å²) in [7, 11) is 0. The van der Waals surface area contributed by atoms with Crippen molar-refractivity contribution >= 4 is 17.2 Å². The monoisotopic (exact) mass is 377 g/mol. The molecule has 0 saturated heterocycles. The molecular formula is C22H17F2N3O. The molecule has 0 unspecified atom stereocenters. The number of fused-ring (bicyclic) bond motifs is 1. The van der Waals surface area contributed by atoms with Crippen LogP contribution in [0.2, 0.25) is 0 Å². The second-order valence-electron chi connectivity index (χ2n) is 6.58. The van der Waals surface area contributed by atoms with Gasteiger partial charge in [-0.05, 0) is 48.4 Å². The lowest BCUT2D eigenvalue weighted by Crippen LogP contribution is -2.14. The van der Waals surface area contributed by atoms with Gasteiger partial charge in [-0.25, -0.2) is 13.8 Å². The molecule has 0 aliphatic carbocycles. The molecule has 0 aliphatic heterocycles. The number of rotatable bonds is 4. The van der Waals surface area contributed by atoms with Crippen molar-refractivity contribution in [3.63, 3.8) is 0 Å². The number of imidazole rings is 1. The molecule has 28 heavy (non-hydrogen) atoms. The lowest BCUT2D eigenvalue weighted by atomic mass is 10.1. The van der Waals surface area contributed by atoms with E-state index in [0.29, 0.717) is 5.69 Å². The number of aromatic nitrogens is 2. The number of aryl methyl sites for hydroxylation is 1. The topological polar surface area (TPSA) is 46.4 Å². The number of nitrogens with one attached hydrogen (secondary N) is 1. The second kappa shape index (κ2) is 7.23. The molecule has 4 nitrogen and oxygen atoms in total. The van der Waals surface area contributed by atoms with E-state index in [-0.39, 0.29) is 11.1 Å². The third kappa shape index (κ3) is 3.49. The molecule has 1 amide bonds. The molecule has 2 aromatic carbocycles. The van der Waals surface area contributed by atoms with Gasteiger partial charge < -0.3 is 9.72 Å². The van der Waals surface area contributed by atoms with E-state index >= 15 is 0 Å². The lowest BCUT2D eigenvalue weighted by molar-refractivity contribution is 0.102. The van der Waals surface area contributed by atoms with E-state index in [1.54, 1.807) is 12.1 Å². The Morgan fingerprint density at radius 3 is 2.61 bits per heavy atom. The van der Waals surface area contributed by atoms with Gasteiger partial charge in [0.15, 0.2) is 0 Å². The van der Waals surface area contributed by atoms with Crippen LogP contribution in [0.4, 0.5) is 14.5 Å². The Morgan fingerprint density at radius 1 is 1.07 bits per heavy atom. The molecule has 0 aliphatic rings. The Labute approximate surface area is 160 Å². The summed E-state index contributed by atoms with van der Waals surface area (Å²) in [6.45, 7) is 1.26. The highest BCUT2D eigenvalue weighted by Gasteiger charge is 2.13. The summed E-state index contributed by atoms with van der Waals surface area (Å²) >= 11 is 0. The van der Waals surface area contributed by atoms with Gasteiger partial charge in [-0.15, -0.1) is 0 Å². The van der Waals surface area contributed by atoms with Crippen LogP contribution < -0.4 is 5.32 Å². The highest BCUT2D eigenvalue weighted by molar-refractivity contribution is 6.04. The van der Waals surface area contributed by atoms with E-state index in [0.717, 1.165) is 28.5 Å². The van der Waals surface area contributed by atoms with E-state index in [4.69, 9.17) is 0 Å². The molecule has 2 aromatic heterocycles. The second-order valence-corrected chi connectivity index (χ2v) is 6.58. The summed E-state index contributed by atoms with van der Waals surface area (Å²) in [4.78, 5) is 16.9. The minimum atomic E-state index is -0.756. The number of carbonyl (C=O) groups is 1. The molecule has 0 atom stereocenters. The molecule has 0 saturated carbocycles. The molecule has 140 valence electrons. The predicted molar refractivity (Wildman–Crippen MR) is 105 cm³/mol. The number of halogens is 2. The number of amides is 1. The van der Waals surface area contributed by atoms with Crippen molar-refractivity contribution in [3.05, 3.63) is 89.5 Å². The quantitative estimate of drug-likeness (QED) is 0.533. The summed E-state index contributed by atoms with van der Waals surface area (Å²) < 4.78 is 28.6. The Bertz CT molecular complexity index is 1170. The number of benzene rings is 2. The molecule has 0 bridgehead atoms. The SMILES string of the molecule is Cc1ccc2nc(-c3ccc(NC(=O)c4cc(CF)ccc4F)cc3)cn2c1. The lowest BCUT2D eigenvalue weighted by Gasteiger charge is -2.08. The molecule has 4 aromatic rings.